The third-order valence-corrected chi connectivity index (χ3v) is 4.28. The van der Waals surface area contributed by atoms with Crippen molar-refractivity contribution >= 4 is 5.69 Å². The highest BCUT2D eigenvalue weighted by Crippen LogP contribution is 2.31. The largest absolute Gasteiger partial charge is 0.486 e. The van der Waals surface area contributed by atoms with Crippen LogP contribution in [0.4, 0.5) is 5.69 Å². The van der Waals surface area contributed by atoms with Gasteiger partial charge >= 0.3 is 0 Å². The van der Waals surface area contributed by atoms with Crippen LogP contribution in [0.15, 0.2) is 18.2 Å². The minimum atomic E-state index is 0.308. The molecule has 0 spiro atoms. The van der Waals surface area contributed by atoms with Crippen molar-refractivity contribution in [3.8, 4) is 5.75 Å². The number of anilines is 1. The predicted octanol–water partition coefficient (Wildman–Crippen LogP) is 3.54. The average Bonchev–Trinajstić information content (AvgIpc) is 2.48. The second-order valence-corrected chi connectivity index (χ2v) is 5.63. The van der Waals surface area contributed by atoms with Gasteiger partial charge in [-0.2, -0.15) is 0 Å². The minimum Gasteiger partial charge on any atom is -0.486 e. The average molecular weight is 276 g/mol. The topological polar surface area (TPSA) is 24.5 Å². The van der Waals surface area contributed by atoms with E-state index in [1.165, 1.54) is 5.56 Å². The smallest absolute Gasteiger partial charge is 0.142 e. The maximum absolute atomic E-state index is 5.96. The summed E-state index contributed by atoms with van der Waals surface area (Å²) in [5, 5.41) is 3.50. The Bertz CT molecular complexity index is 429. The van der Waals surface area contributed by atoms with Crippen molar-refractivity contribution in [3.63, 3.8) is 0 Å². The molecule has 2 rings (SSSR count). The normalized spacial score (nSPS) is 19.1. The van der Waals surface area contributed by atoms with Gasteiger partial charge in [-0.15, -0.1) is 0 Å². The second-order valence-electron chi connectivity index (χ2n) is 5.63. The van der Waals surface area contributed by atoms with Crippen molar-refractivity contribution in [1.82, 2.24) is 4.90 Å². The van der Waals surface area contributed by atoms with Gasteiger partial charge in [0.1, 0.15) is 11.9 Å². The lowest BCUT2D eigenvalue weighted by Gasteiger charge is -2.29. The van der Waals surface area contributed by atoms with Crippen LogP contribution in [0.1, 0.15) is 39.7 Å². The summed E-state index contributed by atoms with van der Waals surface area (Å²) in [6.07, 6.45) is 2.45. The van der Waals surface area contributed by atoms with E-state index < -0.39 is 0 Å². The van der Waals surface area contributed by atoms with E-state index in [-0.39, 0.29) is 0 Å². The van der Waals surface area contributed by atoms with E-state index >= 15 is 0 Å². The third-order valence-electron chi connectivity index (χ3n) is 4.28. The Balaban J connectivity index is 2.04. The molecule has 1 heterocycles. The molecule has 1 aromatic rings. The highest BCUT2D eigenvalue weighted by atomic mass is 16.5. The van der Waals surface area contributed by atoms with E-state index in [9.17, 15) is 0 Å². The number of likely N-dealkylation sites (N-methyl/N-ethyl adjacent to an activating group) is 1. The fourth-order valence-corrected chi connectivity index (χ4v) is 2.93. The zero-order valence-corrected chi connectivity index (χ0v) is 13.3. The van der Waals surface area contributed by atoms with E-state index in [1.807, 2.05) is 0 Å². The SMILES string of the molecule is CCC1CNc2cc(CC(C)N(CC)CC)ccc2O1. The Hall–Kier alpha value is -1.22. The van der Waals surface area contributed by atoms with Crippen LogP contribution < -0.4 is 10.1 Å². The summed E-state index contributed by atoms with van der Waals surface area (Å²) in [6.45, 7) is 12.1. The van der Waals surface area contributed by atoms with Crippen molar-refractivity contribution in [2.45, 2.75) is 52.7 Å². The van der Waals surface area contributed by atoms with Gasteiger partial charge in [-0.25, -0.2) is 0 Å². The first-order valence-electron chi connectivity index (χ1n) is 7.95. The summed E-state index contributed by atoms with van der Waals surface area (Å²) >= 11 is 0. The molecule has 3 nitrogen and oxygen atoms in total. The molecule has 2 atom stereocenters. The molecule has 2 unspecified atom stereocenters. The number of nitrogens with zero attached hydrogens (tertiary/aromatic N) is 1. The van der Waals surface area contributed by atoms with Crippen molar-refractivity contribution in [2.75, 3.05) is 25.0 Å². The lowest BCUT2D eigenvalue weighted by Crippen LogP contribution is -2.34. The van der Waals surface area contributed by atoms with Gasteiger partial charge in [-0.3, -0.25) is 0 Å². The van der Waals surface area contributed by atoms with E-state index in [0.717, 1.165) is 43.9 Å². The lowest BCUT2D eigenvalue weighted by molar-refractivity contribution is 0.201. The number of fused-ring (bicyclic) bond motifs is 1. The van der Waals surface area contributed by atoms with Crippen LogP contribution in [0.5, 0.6) is 5.75 Å². The molecular formula is C17H28N2O. The maximum Gasteiger partial charge on any atom is 0.142 e. The van der Waals surface area contributed by atoms with Crippen molar-refractivity contribution < 1.29 is 4.74 Å². The van der Waals surface area contributed by atoms with Gasteiger partial charge in [0.25, 0.3) is 0 Å². The molecule has 0 saturated heterocycles. The molecule has 0 radical (unpaired) electrons. The minimum absolute atomic E-state index is 0.308. The van der Waals surface area contributed by atoms with Crippen LogP contribution in [-0.2, 0) is 6.42 Å². The molecule has 1 aromatic carbocycles. The highest BCUT2D eigenvalue weighted by Gasteiger charge is 2.18. The molecular weight excluding hydrogens is 248 g/mol. The Labute approximate surface area is 123 Å². The van der Waals surface area contributed by atoms with Gasteiger partial charge in [-0.1, -0.05) is 26.8 Å². The van der Waals surface area contributed by atoms with Crippen LogP contribution in [-0.4, -0.2) is 36.7 Å². The van der Waals surface area contributed by atoms with Gasteiger partial charge in [0.15, 0.2) is 0 Å². The zero-order valence-electron chi connectivity index (χ0n) is 13.3. The Morgan fingerprint density at radius 1 is 1.30 bits per heavy atom. The Morgan fingerprint density at radius 2 is 2.05 bits per heavy atom. The summed E-state index contributed by atoms with van der Waals surface area (Å²) in [4.78, 5) is 2.50. The van der Waals surface area contributed by atoms with Crippen LogP contribution in [0.25, 0.3) is 0 Å². The number of ether oxygens (including phenoxy) is 1. The van der Waals surface area contributed by atoms with Crippen LogP contribution in [0.2, 0.25) is 0 Å². The second kappa shape index (κ2) is 6.98. The first-order valence-corrected chi connectivity index (χ1v) is 7.95. The fraction of sp³-hybridized carbons (Fsp3) is 0.647. The summed E-state index contributed by atoms with van der Waals surface area (Å²) in [5.74, 6) is 1.00. The third kappa shape index (κ3) is 3.45. The van der Waals surface area contributed by atoms with Gasteiger partial charge in [0.05, 0.1) is 12.2 Å². The van der Waals surface area contributed by atoms with Crippen molar-refractivity contribution in [3.05, 3.63) is 23.8 Å². The van der Waals surface area contributed by atoms with Gasteiger partial charge < -0.3 is 15.0 Å². The molecule has 3 heteroatoms. The molecule has 0 aromatic heterocycles. The fourth-order valence-electron chi connectivity index (χ4n) is 2.93. The molecule has 1 aliphatic rings. The molecule has 0 aliphatic carbocycles. The first kappa shape index (κ1) is 15.2. The molecule has 0 bridgehead atoms. The van der Waals surface area contributed by atoms with E-state index in [4.69, 9.17) is 4.74 Å². The molecule has 0 saturated carbocycles. The Morgan fingerprint density at radius 3 is 2.70 bits per heavy atom. The molecule has 112 valence electrons. The molecule has 1 N–H and O–H groups in total. The molecule has 0 fully saturated rings. The monoisotopic (exact) mass is 276 g/mol. The number of nitrogens with one attached hydrogen (secondary N) is 1. The van der Waals surface area contributed by atoms with Gasteiger partial charge in [0, 0.05) is 6.04 Å². The number of rotatable bonds is 6. The van der Waals surface area contributed by atoms with Crippen LogP contribution >= 0.6 is 0 Å². The number of hydrogen-bond donors (Lipinski definition) is 1. The zero-order chi connectivity index (χ0) is 14.5. The first-order chi connectivity index (χ1) is 9.67. The standard InChI is InChI=1S/C17H28N2O/c1-5-15-12-18-16-11-14(8-9-17(16)20-15)10-13(4)19(6-2)7-3/h8-9,11,13,15,18H,5-7,10,12H2,1-4H3. The molecule has 0 amide bonds. The van der Waals surface area contributed by atoms with Gasteiger partial charge in [0.2, 0.25) is 0 Å². The summed E-state index contributed by atoms with van der Waals surface area (Å²) in [7, 11) is 0. The van der Waals surface area contributed by atoms with Gasteiger partial charge in [-0.05, 0) is 50.6 Å². The number of benzene rings is 1. The highest BCUT2D eigenvalue weighted by molar-refractivity contribution is 5.59. The van der Waals surface area contributed by atoms with Crippen molar-refractivity contribution in [1.29, 1.82) is 0 Å². The van der Waals surface area contributed by atoms with Crippen LogP contribution in [0.3, 0.4) is 0 Å². The van der Waals surface area contributed by atoms with Crippen molar-refractivity contribution in [2.24, 2.45) is 0 Å². The summed E-state index contributed by atoms with van der Waals surface area (Å²) in [6, 6.07) is 7.16. The predicted molar refractivity (Wildman–Crippen MR) is 85.7 cm³/mol. The van der Waals surface area contributed by atoms with E-state index in [0.29, 0.717) is 12.1 Å². The maximum atomic E-state index is 5.96. The van der Waals surface area contributed by atoms with E-state index in [2.05, 4.69) is 56.1 Å². The summed E-state index contributed by atoms with van der Waals surface area (Å²) in [5.41, 5.74) is 2.54. The molecule has 20 heavy (non-hydrogen) atoms. The van der Waals surface area contributed by atoms with Crippen LogP contribution in [0, 0.1) is 0 Å². The van der Waals surface area contributed by atoms with E-state index in [1.54, 1.807) is 0 Å². The quantitative estimate of drug-likeness (QED) is 0.860. The number of hydrogen-bond acceptors (Lipinski definition) is 3. The molecule has 1 aliphatic heterocycles. The Kier molecular flexibility index (Phi) is 5.30. The lowest BCUT2D eigenvalue weighted by atomic mass is 10.0. The summed E-state index contributed by atoms with van der Waals surface area (Å²) < 4.78 is 5.96.